The number of hydrogen-bond donors (Lipinski definition) is 2. The Hall–Kier alpha value is -2.59. The smallest absolute Gasteiger partial charge is 0.333 e. The number of hydrogen-bond acceptors (Lipinski definition) is 7. The van der Waals surface area contributed by atoms with E-state index in [1.54, 1.807) is 26.0 Å². The molecule has 9 heteroatoms. The molecule has 3 N–H and O–H groups in total. The van der Waals surface area contributed by atoms with Gasteiger partial charge in [0.2, 0.25) is 5.78 Å². The van der Waals surface area contributed by atoms with Crippen molar-refractivity contribution >= 4 is 39.0 Å². The Morgan fingerprint density at radius 1 is 1.21 bits per heavy atom. The van der Waals surface area contributed by atoms with E-state index in [4.69, 9.17) is 15.2 Å². The average Bonchev–Trinajstić information content (AvgIpc) is 3.19. The number of aryl methyl sites for hydroxylation is 1. The molecule has 0 saturated carbocycles. The number of carbonyl (C=O) groups excluding carboxylic acids is 1. The molecular formula is C25H27BrN2O5S. The quantitative estimate of drug-likeness (QED) is 0.336. The molecule has 2 atom stereocenters. The normalized spacial score (nSPS) is 13.0. The second-order valence-electron chi connectivity index (χ2n) is 8.05. The lowest BCUT2D eigenvalue weighted by molar-refractivity contribution is -0.153. The summed E-state index contributed by atoms with van der Waals surface area (Å²) in [7, 11) is 1.49. The number of benzene rings is 2. The summed E-state index contributed by atoms with van der Waals surface area (Å²) in [6.07, 6.45) is -1.18. The summed E-state index contributed by atoms with van der Waals surface area (Å²) in [5, 5.41) is 10.3. The highest BCUT2D eigenvalue weighted by Crippen LogP contribution is 2.37. The van der Waals surface area contributed by atoms with E-state index in [0.29, 0.717) is 27.0 Å². The first-order valence-corrected chi connectivity index (χ1v) is 12.3. The molecule has 0 bridgehead atoms. The number of carboxylic acids is 1. The van der Waals surface area contributed by atoms with Crippen LogP contribution in [0.2, 0.25) is 0 Å². The second kappa shape index (κ2) is 11.2. The Morgan fingerprint density at radius 3 is 2.47 bits per heavy atom. The topological polar surface area (TPSA) is 112 Å². The molecule has 0 aliphatic heterocycles. The summed E-state index contributed by atoms with van der Waals surface area (Å²) in [5.74, 6) is -0.988. The van der Waals surface area contributed by atoms with Crippen LogP contribution >= 0.6 is 27.3 Å². The van der Waals surface area contributed by atoms with Crippen LogP contribution in [0, 0.1) is 6.92 Å². The van der Waals surface area contributed by atoms with Gasteiger partial charge in [-0.15, -0.1) is 11.3 Å². The maximum Gasteiger partial charge on any atom is 0.333 e. The number of rotatable bonds is 10. The van der Waals surface area contributed by atoms with Gasteiger partial charge >= 0.3 is 5.97 Å². The largest absolute Gasteiger partial charge is 0.495 e. The van der Waals surface area contributed by atoms with Crippen molar-refractivity contribution in [3.63, 3.8) is 0 Å². The van der Waals surface area contributed by atoms with E-state index in [9.17, 15) is 14.7 Å². The summed E-state index contributed by atoms with van der Waals surface area (Å²) < 4.78 is 11.6. The molecule has 0 aliphatic rings. The zero-order valence-corrected chi connectivity index (χ0v) is 21.8. The average molecular weight is 547 g/mol. The van der Waals surface area contributed by atoms with Crippen LogP contribution in [-0.4, -0.2) is 41.2 Å². The Balaban J connectivity index is 1.96. The van der Waals surface area contributed by atoms with Gasteiger partial charge in [-0.2, -0.15) is 0 Å². The predicted octanol–water partition coefficient (Wildman–Crippen LogP) is 5.19. The fraction of sp³-hybridized carbons (Fsp3) is 0.320. The summed E-state index contributed by atoms with van der Waals surface area (Å²) in [6.45, 7) is 5.40. The summed E-state index contributed by atoms with van der Waals surface area (Å²) in [5.41, 5.74) is 8.77. The first-order chi connectivity index (χ1) is 16.1. The molecule has 34 heavy (non-hydrogen) atoms. The van der Waals surface area contributed by atoms with E-state index in [2.05, 4.69) is 20.9 Å². The van der Waals surface area contributed by atoms with Crippen molar-refractivity contribution in [3.8, 4) is 16.3 Å². The van der Waals surface area contributed by atoms with E-state index in [0.717, 1.165) is 15.4 Å². The molecule has 0 amide bonds. The maximum atomic E-state index is 13.4. The van der Waals surface area contributed by atoms with Gasteiger partial charge in [-0.3, -0.25) is 4.79 Å². The molecule has 3 aromatic rings. The SMILES string of the molecule is COc1c(Br)cc(CC(OC(C)C)C(=O)O)cc1C(N)C(=O)c1nc(-c2ccccc2)sc1C. The number of nitrogens with two attached hydrogens (primary N) is 1. The van der Waals surface area contributed by atoms with Gasteiger partial charge in [0.1, 0.15) is 16.5 Å². The minimum Gasteiger partial charge on any atom is -0.495 e. The number of methoxy groups -OCH3 is 1. The number of nitrogens with zero attached hydrogens (tertiary/aromatic N) is 1. The Morgan fingerprint density at radius 2 is 1.88 bits per heavy atom. The molecule has 1 aromatic heterocycles. The second-order valence-corrected chi connectivity index (χ2v) is 10.1. The molecule has 0 aliphatic carbocycles. The van der Waals surface area contributed by atoms with Crippen LogP contribution in [0.25, 0.3) is 10.6 Å². The summed E-state index contributed by atoms with van der Waals surface area (Å²) in [4.78, 5) is 30.4. The summed E-state index contributed by atoms with van der Waals surface area (Å²) in [6, 6.07) is 12.0. The molecule has 0 saturated heterocycles. The third kappa shape index (κ3) is 5.90. The standard InChI is InChI=1S/C25H27BrN2O5S/c1-13(2)33-19(25(30)31)12-15-10-17(23(32-4)18(26)11-15)20(27)22(29)21-14(3)34-24(28-21)16-8-6-5-7-9-16/h5-11,13,19-20H,12,27H2,1-4H3,(H,30,31). The lowest BCUT2D eigenvalue weighted by Crippen LogP contribution is -2.29. The zero-order valence-electron chi connectivity index (χ0n) is 19.4. The number of Topliss-reactive ketones (excluding diaryl/α,β-unsaturated/α-hetero) is 1. The Labute approximate surface area is 211 Å². The maximum absolute atomic E-state index is 13.4. The van der Waals surface area contributed by atoms with E-state index in [-0.39, 0.29) is 18.3 Å². The van der Waals surface area contributed by atoms with Crippen LogP contribution in [0.1, 0.15) is 46.4 Å². The number of thiazole rings is 1. The third-order valence-corrected chi connectivity index (χ3v) is 6.75. The molecular weight excluding hydrogens is 520 g/mol. The van der Waals surface area contributed by atoms with Gasteiger partial charge in [-0.05, 0) is 54.4 Å². The monoisotopic (exact) mass is 546 g/mol. The molecule has 7 nitrogen and oxygen atoms in total. The molecule has 3 rings (SSSR count). The highest BCUT2D eigenvalue weighted by atomic mass is 79.9. The number of aromatic nitrogens is 1. The minimum absolute atomic E-state index is 0.109. The lowest BCUT2D eigenvalue weighted by Gasteiger charge is -2.20. The van der Waals surface area contributed by atoms with Crippen LogP contribution in [0.15, 0.2) is 46.9 Å². The Kier molecular flexibility index (Phi) is 8.59. The molecule has 2 unspecified atom stereocenters. The van der Waals surface area contributed by atoms with Gasteiger partial charge in [-0.25, -0.2) is 9.78 Å². The third-order valence-electron chi connectivity index (χ3n) is 5.14. The van der Waals surface area contributed by atoms with Gasteiger partial charge < -0.3 is 20.3 Å². The van der Waals surface area contributed by atoms with E-state index >= 15 is 0 Å². The van der Waals surface area contributed by atoms with Crippen LogP contribution in [0.3, 0.4) is 0 Å². The van der Waals surface area contributed by atoms with Crippen molar-refractivity contribution in [2.24, 2.45) is 5.73 Å². The number of ketones is 1. The van der Waals surface area contributed by atoms with Gasteiger partial charge in [0.05, 0.1) is 23.7 Å². The lowest BCUT2D eigenvalue weighted by atomic mass is 9.96. The van der Waals surface area contributed by atoms with Gasteiger partial charge in [-0.1, -0.05) is 30.3 Å². The van der Waals surface area contributed by atoms with Gasteiger partial charge in [0, 0.05) is 22.4 Å². The minimum atomic E-state index is -1.06. The van der Waals surface area contributed by atoms with E-state index < -0.39 is 18.1 Å². The van der Waals surface area contributed by atoms with Crippen molar-refractivity contribution in [2.75, 3.05) is 7.11 Å². The zero-order chi connectivity index (χ0) is 25.0. The first-order valence-electron chi connectivity index (χ1n) is 10.7. The van der Waals surface area contributed by atoms with Crippen molar-refractivity contribution in [3.05, 3.63) is 68.6 Å². The fourth-order valence-electron chi connectivity index (χ4n) is 3.59. The van der Waals surface area contributed by atoms with Gasteiger partial charge in [0.15, 0.2) is 6.10 Å². The number of carbonyl (C=O) groups is 2. The van der Waals surface area contributed by atoms with Crippen LogP contribution in [0.4, 0.5) is 0 Å². The molecule has 2 aromatic carbocycles. The highest BCUT2D eigenvalue weighted by Gasteiger charge is 2.28. The summed E-state index contributed by atoms with van der Waals surface area (Å²) >= 11 is 4.90. The van der Waals surface area contributed by atoms with Gasteiger partial charge in [0.25, 0.3) is 0 Å². The number of ether oxygens (including phenoxy) is 2. The van der Waals surface area contributed by atoms with Crippen molar-refractivity contribution in [2.45, 2.75) is 45.4 Å². The fourth-order valence-corrected chi connectivity index (χ4v) is 5.20. The molecule has 180 valence electrons. The van der Waals surface area contributed by atoms with Crippen LogP contribution in [-0.2, 0) is 16.0 Å². The molecule has 1 heterocycles. The number of carboxylic acid groups (broad SMARTS) is 1. The van der Waals surface area contributed by atoms with Crippen molar-refractivity contribution in [1.29, 1.82) is 0 Å². The highest BCUT2D eigenvalue weighted by molar-refractivity contribution is 9.10. The van der Waals surface area contributed by atoms with Crippen LogP contribution in [0.5, 0.6) is 5.75 Å². The van der Waals surface area contributed by atoms with E-state index in [1.165, 1.54) is 18.4 Å². The van der Waals surface area contributed by atoms with Crippen molar-refractivity contribution < 1.29 is 24.2 Å². The van der Waals surface area contributed by atoms with Crippen LogP contribution < -0.4 is 10.5 Å². The number of halogens is 1. The Bertz CT molecular complexity index is 1180. The van der Waals surface area contributed by atoms with Crippen molar-refractivity contribution in [1.82, 2.24) is 4.98 Å². The van der Waals surface area contributed by atoms with E-state index in [1.807, 2.05) is 37.3 Å². The number of aliphatic carboxylic acids is 1. The molecule has 0 spiro atoms. The first kappa shape index (κ1) is 26.0. The molecule has 0 fully saturated rings. The molecule has 0 radical (unpaired) electrons. The predicted molar refractivity (Wildman–Crippen MR) is 136 cm³/mol.